The molecule has 1 aromatic carbocycles. The van der Waals surface area contributed by atoms with Gasteiger partial charge in [-0.05, 0) is 18.6 Å². The standard InChI is InChI=1S/C13H16N2O3S/c1-13(10-16,11-5-3-2-4-6-11)15-19(17,18)12-7-8-14-9-12/h2-9,14-16H,10H2,1H3. The van der Waals surface area contributed by atoms with Crippen molar-refractivity contribution in [3.63, 3.8) is 0 Å². The zero-order valence-corrected chi connectivity index (χ0v) is 11.3. The number of hydrogen-bond donors (Lipinski definition) is 3. The summed E-state index contributed by atoms with van der Waals surface area (Å²) in [6.07, 6.45) is 2.93. The second-order valence-corrected chi connectivity index (χ2v) is 6.19. The average Bonchev–Trinajstić information content (AvgIpc) is 2.94. The molecular weight excluding hydrogens is 264 g/mol. The Hall–Kier alpha value is -1.63. The van der Waals surface area contributed by atoms with Gasteiger partial charge in [0.05, 0.1) is 17.0 Å². The van der Waals surface area contributed by atoms with Crippen molar-refractivity contribution in [2.24, 2.45) is 0 Å². The number of sulfonamides is 1. The molecule has 6 heteroatoms. The average molecular weight is 280 g/mol. The number of rotatable bonds is 5. The van der Waals surface area contributed by atoms with Gasteiger partial charge in [0, 0.05) is 12.4 Å². The molecule has 3 N–H and O–H groups in total. The van der Waals surface area contributed by atoms with E-state index in [1.165, 1.54) is 18.5 Å². The molecule has 1 atom stereocenters. The van der Waals surface area contributed by atoms with E-state index in [9.17, 15) is 13.5 Å². The second-order valence-electron chi connectivity index (χ2n) is 4.51. The van der Waals surface area contributed by atoms with Gasteiger partial charge in [-0.15, -0.1) is 0 Å². The van der Waals surface area contributed by atoms with Crippen LogP contribution in [0.2, 0.25) is 0 Å². The highest BCUT2D eigenvalue weighted by Gasteiger charge is 2.31. The van der Waals surface area contributed by atoms with Crippen molar-refractivity contribution < 1.29 is 13.5 Å². The molecule has 0 aliphatic heterocycles. The molecule has 102 valence electrons. The molecular formula is C13H16N2O3S. The lowest BCUT2D eigenvalue weighted by Crippen LogP contribution is -2.46. The van der Waals surface area contributed by atoms with E-state index < -0.39 is 15.6 Å². The fourth-order valence-electron chi connectivity index (χ4n) is 1.82. The van der Waals surface area contributed by atoms with E-state index >= 15 is 0 Å². The first-order valence-corrected chi connectivity index (χ1v) is 7.29. The highest BCUT2D eigenvalue weighted by atomic mass is 32.2. The summed E-state index contributed by atoms with van der Waals surface area (Å²) in [5.41, 5.74) is -0.353. The van der Waals surface area contributed by atoms with E-state index in [0.717, 1.165) is 0 Å². The zero-order chi connectivity index (χ0) is 13.9. The molecule has 0 amide bonds. The molecule has 2 rings (SSSR count). The Morgan fingerprint density at radius 1 is 1.26 bits per heavy atom. The Labute approximate surface area is 112 Å². The fraction of sp³-hybridized carbons (Fsp3) is 0.231. The SMILES string of the molecule is CC(CO)(NS(=O)(=O)c1cc[nH]c1)c1ccccc1. The topological polar surface area (TPSA) is 82.2 Å². The monoisotopic (exact) mass is 280 g/mol. The van der Waals surface area contributed by atoms with E-state index in [1.807, 2.05) is 6.07 Å². The number of aliphatic hydroxyl groups excluding tert-OH is 1. The minimum atomic E-state index is -3.68. The van der Waals surface area contributed by atoms with Gasteiger partial charge in [0.15, 0.2) is 0 Å². The lowest BCUT2D eigenvalue weighted by molar-refractivity contribution is 0.196. The van der Waals surface area contributed by atoms with Crippen LogP contribution < -0.4 is 4.72 Å². The summed E-state index contributed by atoms with van der Waals surface area (Å²) in [5, 5.41) is 9.56. The van der Waals surface area contributed by atoms with Gasteiger partial charge < -0.3 is 10.1 Å². The van der Waals surface area contributed by atoms with Gasteiger partial charge >= 0.3 is 0 Å². The molecule has 1 aromatic heterocycles. The van der Waals surface area contributed by atoms with Crippen LogP contribution in [0.5, 0.6) is 0 Å². The largest absolute Gasteiger partial charge is 0.394 e. The molecule has 0 spiro atoms. The van der Waals surface area contributed by atoms with Crippen molar-refractivity contribution in [2.75, 3.05) is 6.61 Å². The van der Waals surface area contributed by atoms with Crippen LogP contribution >= 0.6 is 0 Å². The van der Waals surface area contributed by atoms with Crippen LogP contribution in [0.3, 0.4) is 0 Å². The highest BCUT2D eigenvalue weighted by molar-refractivity contribution is 7.89. The molecule has 5 nitrogen and oxygen atoms in total. The van der Waals surface area contributed by atoms with Crippen LogP contribution in [0, 0.1) is 0 Å². The van der Waals surface area contributed by atoms with Crippen molar-refractivity contribution in [3.8, 4) is 0 Å². The Balaban J connectivity index is 2.35. The Morgan fingerprint density at radius 2 is 1.95 bits per heavy atom. The molecule has 0 aliphatic rings. The molecule has 0 radical (unpaired) electrons. The van der Waals surface area contributed by atoms with Crippen LogP contribution in [0.15, 0.2) is 53.7 Å². The Kier molecular flexibility index (Phi) is 3.75. The van der Waals surface area contributed by atoms with E-state index in [0.29, 0.717) is 5.56 Å². The van der Waals surface area contributed by atoms with Gasteiger partial charge in [0.2, 0.25) is 10.0 Å². The minimum Gasteiger partial charge on any atom is -0.394 e. The van der Waals surface area contributed by atoms with E-state index in [2.05, 4.69) is 9.71 Å². The summed E-state index contributed by atoms with van der Waals surface area (Å²) in [6.45, 7) is 1.31. The van der Waals surface area contributed by atoms with Gasteiger partial charge in [-0.25, -0.2) is 8.42 Å². The number of nitrogens with one attached hydrogen (secondary N) is 2. The first-order valence-electron chi connectivity index (χ1n) is 5.81. The quantitative estimate of drug-likeness (QED) is 0.769. The van der Waals surface area contributed by atoms with Crippen molar-refractivity contribution in [1.82, 2.24) is 9.71 Å². The maximum absolute atomic E-state index is 12.2. The fourth-order valence-corrected chi connectivity index (χ4v) is 3.18. The van der Waals surface area contributed by atoms with Gasteiger partial charge in [0.25, 0.3) is 0 Å². The highest BCUT2D eigenvalue weighted by Crippen LogP contribution is 2.22. The minimum absolute atomic E-state index is 0.142. The molecule has 0 aliphatic carbocycles. The molecule has 0 saturated carbocycles. The van der Waals surface area contributed by atoms with Gasteiger partial charge in [-0.1, -0.05) is 30.3 Å². The van der Waals surface area contributed by atoms with Crippen LogP contribution in [0.1, 0.15) is 12.5 Å². The summed E-state index contributed by atoms with van der Waals surface area (Å²) in [7, 11) is -3.68. The Morgan fingerprint density at radius 3 is 2.47 bits per heavy atom. The third-order valence-corrected chi connectivity index (χ3v) is 4.56. The van der Waals surface area contributed by atoms with Gasteiger partial charge in [0.1, 0.15) is 0 Å². The maximum atomic E-state index is 12.2. The molecule has 0 bridgehead atoms. The summed E-state index contributed by atoms with van der Waals surface area (Å²) in [4.78, 5) is 2.84. The number of aromatic nitrogens is 1. The smallest absolute Gasteiger partial charge is 0.242 e. The number of H-pyrrole nitrogens is 1. The number of aliphatic hydroxyl groups is 1. The second kappa shape index (κ2) is 5.16. The normalized spacial score (nSPS) is 15.1. The van der Waals surface area contributed by atoms with Crippen molar-refractivity contribution in [1.29, 1.82) is 0 Å². The van der Waals surface area contributed by atoms with Crippen molar-refractivity contribution in [3.05, 3.63) is 54.4 Å². The van der Waals surface area contributed by atoms with E-state index in [-0.39, 0.29) is 11.5 Å². The summed E-state index contributed by atoms with van der Waals surface area (Å²) in [5.74, 6) is 0. The van der Waals surface area contributed by atoms with Crippen LogP contribution in [0.4, 0.5) is 0 Å². The predicted octanol–water partition coefficient (Wildman–Crippen LogP) is 1.20. The van der Waals surface area contributed by atoms with Crippen LogP contribution in [-0.2, 0) is 15.6 Å². The van der Waals surface area contributed by atoms with E-state index in [4.69, 9.17) is 0 Å². The summed E-state index contributed by atoms with van der Waals surface area (Å²) >= 11 is 0. The van der Waals surface area contributed by atoms with Crippen molar-refractivity contribution in [2.45, 2.75) is 17.4 Å². The lowest BCUT2D eigenvalue weighted by atomic mass is 9.94. The third kappa shape index (κ3) is 2.86. The first-order chi connectivity index (χ1) is 8.98. The summed E-state index contributed by atoms with van der Waals surface area (Å²) in [6, 6.07) is 10.4. The molecule has 1 unspecified atom stereocenters. The molecule has 0 saturated heterocycles. The first kappa shape index (κ1) is 13.8. The van der Waals surface area contributed by atoms with Gasteiger partial charge in [-0.2, -0.15) is 4.72 Å². The number of benzene rings is 1. The van der Waals surface area contributed by atoms with Crippen LogP contribution in [-0.4, -0.2) is 25.1 Å². The Bertz CT molecular complexity index is 623. The van der Waals surface area contributed by atoms with E-state index in [1.54, 1.807) is 31.2 Å². The van der Waals surface area contributed by atoms with Crippen molar-refractivity contribution >= 4 is 10.0 Å². The third-order valence-electron chi connectivity index (χ3n) is 2.97. The molecule has 1 heterocycles. The number of aromatic amines is 1. The molecule has 19 heavy (non-hydrogen) atoms. The van der Waals surface area contributed by atoms with Crippen LogP contribution in [0.25, 0.3) is 0 Å². The lowest BCUT2D eigenvalue weighted by Gasteiger charge is -2.28. The predicted molar refractivity (Wildman–Crippen MR) is 72.0 cm³/mol. The maximum Gasteiger partial charge on any atom is 0.242 e. The number of hydrogen-bond acceptors (Lipinski definition) is 3. The molecule has 0 fully saturated rings. The summed E-state index contributed by atoms with van der Waals surface area (Å²) < 4.78 is 26.9. The molecule has 2 aromatic rings. The zero-order valence-electron chi connectivity index (χ0n) is 10.5. The van der Waals surface area contributed by atoms with Gasteiger partial charge in [-0.3, -0.25) is 0 Å².